The van der Waals surface area contributed by atoms with Gasteiger partial charge in [-0.05, 0) is 49.2 Å². The van der Waals surface area contributed by atoms with E-state index in [-0.39, 0.29) is 18.4 Å². The molecule has 1 saturated heterocycles. The maximum absolute atomic E-state index is 11.8. The van der Waals surface area contributed by atoms with E-state index in [1.54, 1.807) is 11.8 Å². The number of halogens is 1. The summed E-state index contributed by atoms with van der Waals surface area (Å²) in [5.74, 6) is 1.13. The number of carbonyl (C=O) groups excluding carboxylic acids is 2. The van der Waals surface area contributed by atoms with Gasteiger partial charge in [0.05, 0.1) is 0 Å². The molecule has 1 atom stereocenters. The average molecular weight is 456 g/mol. The first-order chi connectivity index (χ1) is 14.9. The summed E-state index contributed by atoms with van der Waals surface area (Å²) in [5, 5.41) is 15.2. The molecule has 9 heteroatoms. The van der Waals surface area contributed by atoms with Crippen molar-refractivity contribution in [2.75, 3.05) is 0 Å². The molecule has 7 nitrogen and oxygen atoms in total. The zero-order valence-corrected chi connectivity index (χ0v) is 18.8. The summed E-state index contributed by atoms with van der Waals surface area (Å²) in [4.78, 5) is 23.4. The molecule has 2 N–H and O–H groups in total. The Morgan fingerprint density at radius 2 is 1.90 bits per heavy atom. The Morgan fingerprint density at radius 1 is 1.13 bits per heavy atom. The normalized spacial score (nSPS) is 16.2. The zero-order chi connectivity index (χ0) is 22.0. The van der Waals surface area contributed by atoms with Crippen LogP contribution in [0, 0.1) is 13.8 Å². The van der Waals surface area contributed by atoms with Crippen LogP contribution < -0.4 is 10.6 Å². The molecule has 3 aromatic rings. The molecule has 1 unspecified atom stereocenters. The number of aryl methyl sites for hydroxylation is 2. The van der Waals surface area contributed by atoms with Crippen molar-refractivity contribution >= 4 is 35.3 Å². The van der Waals surface area contributed by atoms with Gasteiger partial charge in [-0.25, -0.2) is 4.79 Å². The third kappa shape index (κ3) is 5.08. The molecule has 1 aliphatic heterocycles. The molecule has 0 aliphatic carbocycles. The quantitative estimate of drug-likeness (QED) is 0.549. The second-order valence-corrected chi connectivity index (χ2v) is 8.93. The van der Waals surface area contributed by atoms with Crippen LogP contribution in [0.1, 0.15) is 28.9 Å². The number of hydrogen-bond acceptors (Lipinski definition) is 5. The van der Waals surface area contributed by atoms with Gasteiger partial charge in [0.25, 0.3) is 0 Å². The van der Waals surface area contributed by atoms with E-state index >= 15 is 0 Å². The lowest BCUT2D eigenvalue weighted by Crippen LogP contribution is -2.53. The number of benzene rings is 2. The predicted molar refractivity (Wildman–Crippen MR) is 121 cm³/mol. The molecular formula is C22H22ClN5O2S. The summed E-state index contributed by atoms with van der Waals surface area (Å²) in [5.41, 5.74) is 4.56. The van der Waals surface area contributed by atoms with E-state index in [9.17, 15) is 9.59 Å². The molecular weight excluding hydrogens is 434 g/mol. The predicted octanol–water partition coefficient (Wildman–Crippen LogP) is 3.97. The van der Waals surface area contributed by atoms with Crippen LogP contribution in [-0.4, -0.2) is 32.7 Å². The standard InChI is InChI=1S/C22H22ClN5O2S/c1-13-3-4-14(2)15(9-13)12-31-22-27-26-19(10-17-11-20(29)25-21(30)24-17)28(22)18-7-5-16(23)6-8-18/h3-9,17H,10-12H2,1-2H3,(H2,24,25,29,30). The van der Waals surface area contributed by atoms with Crippen molar-refractivity contribution < 1.29 is 9.59 Å². The third-order valence-electron chi connectivity index (χ3n) is 5.10. The summed E-state index contributed by atoms with van der Waals surface area (Å²) in [7, 11) is 0. The molecule has 31 heavy (non-hydrogen) atoms. The number of nitrogens with one attached hydrogen (secondary N) is 2. The van der Waals surface area contributed by atoms with E-state index in [4.69, 9.17) is 11.6 Å². The fraction of sp³-hybridized carbons (Fsp3) is 0.273. The van der Waals surface area contributed by atoms with Crippen molar-refractivity contribution in [3.8, 4) is 5.69 Å². The highest BCUT2D eigenvalue weighted by Gasteiger charge is 2.26. The highest BCUT2D eigenvalue weighted by Crippen LogP contribution is 2.28. The van der Waals surface area contributed by atoms with E-state index in [0.29, 0.717) is 17.3 Å². The van der Waals surface area contributed by atoms with Crippen LogP contribution in [0.15, 0.2) is 47.6 Å². The highest BCUT2D eigenvalue weighted by molar-refractivity contribution is 7.98. The van der Waals surface area contributed by atoms with Gasteiger partial charge in [-0.2, -0.15) is 0 Å². The maximum Gasteiger partial charge on any atom is 0.321 e. The van der Waals surface area contributed by atoms with Crippen LogP contribution in [0.2, 0.25) is 5.02 Å². The third-order valence-corrected chi connectivity index (χ3v) is 6.33. The Balaban J connectivity index is 1.63. The number of hydrogen-bond donors (Lipinski definition) is 2. The van der Waals surface area contributed by atoms with Crippen molar-refractivity contribution in [3.63, 3.8) is 0 Å². The second-order valence-electron chi connectivity index (χ2n) is 7.56. The minimum atomic E-state index is -0.483. The second kappa shape index (κ2) is 9.11. The number of imide groups is 1. The van der Waals surface area contributed by atoms with E-state index in [1.807, 2.05) is 28.8 Å². The fourth-order valence-electron chi connectivity index (χ4n) is 3.49. The summed E-state index contributed by atoms with van der Waals surface area (Å²) in [6.07, 6.45) is 0.586. The molecule has 0 bridgehead atoms. The molecule has 4 rings (SSSR count). The molecule has 1 aromatic heterocycles. The monoisotopic (exact) mass is 455 g/mol. The fourth-order valence-corrected chi connectivity index (χ4v) is 4.65. The number of rotatable bonds is 6. The molecule has 0 spiro atoms. The summed E-state index contributed by atoms with van der Waals surface area (Å²) in [6, 6.07) is 13.0. The van der Waals surface area contributed by atoms with E-state index in [2.05, 4.69) is 52.9 Å². The zero-order valence-electron chi connectivity index (χ0n) is 17.2. The molecule has 1 aliphatic rings. The Hall–Kier alpha value is -2.84. The van der Waals surface area contributed by atoms with Crippen molar-refractivity contribution in [3.05, 3.63) is 70.0 Å². The first kappa shape index (κ1) is 21.4. The Bertz CT molecular complexity index is 1110. The molecule has 2 aromatic carbocycles. The van der Waals surface area contributed by atoms with Crippen molar-refractivity contribution in [1.29, 1.82) is 0 Å². The molecule has 160 valence electrons. The Labute approximate surface area is 189 Å². The van der Waals surface area contributed by atoms with Gasteiger partial charge in [0.15, 0.2) is 5.16 Å². The van der Waals surface area contributed by atoms with E-state index in [1.165, 1.54) is 16.7 Å². The number of urea groups is 1. The van der Waals surface area contributed by atoms with E-state index in [0.717, 1.165) is 16.6 Å². The van der Waals surface area contributed by atoms with E-state index < -0.39 is 6.03 Å². The van der Waals surface area contributed by atoms with Crippen molar-refractivity contribution in [2.45, 2.75) is 43.6 Å². The van der Waals surface area contributed by atoms with Gasteiger partial charge in [-0.15, -0.1) is 10.2 Å². The first-order valence-corrected chi connectivity index (χ1v) is 11.2. The number of carbonyl (C=O) groups is 2. The van der Waals surface area contributed by atoms with Gasteiger partial charge in [-0.3, -0.25) is 14.7 Å². The lowest BCUT2D eigenvalue weighted by Gasteiger charge is -2.23. The largest absolute Gasteiger partial charge is 0.334 e. The highest BCUT2D eigenvalue weighted by atomic mass is 35.5. The van der Waals surface area contributed by atoms with Crippen LogP contribution in [-0.2, 0) is 17.0 Å². The molecule has 1 fully saturated rings. The van der Waals surface area contributed by atoms with Gasteiger partial charge >= 0.3 is 6.03 Å². The minimum absolute atomic E-state index is 0.199. The van der Waals surface area contributed by atoms with Gasteiger partial charge in [0.2, 0.25) is 5.91 Å². The molecule has 3 amide bonds. The molecule has 0 radical (unpaired) electrons. The maximum atomic E-state index is 11.8. The van der Waals surface area contributed by atoms with Gasteiger partial charge in [-0.1, -0.05) is 47.1 Å². The summed E-state index contributed by atoms with van der Waals surface area (Å²) in [6.45, 7) is 4.18. The van der Waals surface area contributed by atoms with Crippen molar-refractivity contribution in [1.82, 2.24) is 25.4 Å². The Kier molecular flexibility index (Phi) is 6.29. The van der Waals surface area contributed by atoms with Crippen LogP contribution in [0.4, 0.5) is 4.79 Å². The average Bonchev–Trinajstić information content (AvgIpc) is 3.11. The SMILES string of the molecule is Cc1ccc(C)c(CSc2nnc(CC3CC(=O)NC(=O)N3)n2-c2ccc(Cl)cc2)c1. The number of nitrogens with zero attached hydrogens (tertiary/aromatic N) is 3. The lowest BCUT2D eigenvalue weighted by molar-refractivity contribution is -0.121. The van der Waals surface area contributed by atoms with Gasteiger partial charge in [0.1, 0.15) is 5.82 Å². The van der Waals surface area contributed by atoms with Crippen LogP contribution in [0.25, 0.3) is 5.69 Å². The topological polar surface area (TPSA) is 88.9 Å². The van der Waals surface area contributed by atoms with Crippen LogP contribution >= 0.6 is 23.4 Å². The number of thioether (sulfide) groups is 1. The minimum Gasteiger partial charge on any atom is -0.334 e. The van der Waals surface area contributed by atoms with Gasteiger partial charge in [0, 0.05) is 35.3 Å². The smallest absolute Gasteiger partial charge is 0.321 e. The van der Waals surface area contributed by atoms with Crippen LogP contribution in [0.5, 0.6) is 0 Å². The van der Waals surface area contributed by atoms with Crippen molar-refractivity contribution in [2.24, 2.45) is 0 Å². The van der Waals surface area contributed by atoms with Crippen LogP contribution in [0.3, 0.4) is 0 Å². The molecule has 0 saturated carbocycles. The molecule has 2 heterocycles. The van der Waals surface area contributed by atoms with Gasteiger partial charge < -0.3 is 5.32 Å². The summed E-state index contributed by atoms with van der Waals surface area (Å²) < 4.78 is 1.96. The number of aromatic nitrogens is 3. The lowest BCUT2D eigenvalue weighted by atomic mass is 10.1. The summed E-state index contributed by atoms with van der Waals surface area (Å²) >= 11 is 7.67. The first-order valence-electron chi connectivity index (χ1n) is 9.88. The number of amides is 3. The Morgan fingerprint density at radius 3 is 2.65 bits per heavy atom.